The van der Waals surface area contributed by atoms with Crippen LogP contribution >= 0.6 is 0 Å². The van der Waals surface area contributed by atoms with Gasteiger partial charge in [0.1, 0.15) is 5.82 Å². The summed E-state index contributed by atoms with van der Waals surface area (Å²) in [7, 11) is 0. The molecule has 1 aliphatic heterocycles. The Morgan fingerprint density at radius 1 is 1.35 bits per heavy atom. The maximum Gasteiger partial charge on any atom is 0.124 e. The molecule has 1 aromatic rings. The summed E-state index contributed by atoms with van der Waals surface area (Å²) >= 11 is 0. The molecule has 17 heavy (non-hydrogen) atoms. The number of rotatable bonds is 2. The van der Waals surface area contributed by atoms with Crippen LogP contribution in [0.5, 0.6) is 0 Å². The Kier molecular flexibility index (Phi) is 3.08. The average molecular weight is 233 g/mol. The standard InChI is InChI=1S/C14H23N3/c1-11-9-15-14-8-13(16-17(14)10-11)7-12-5-3-2-4-6-12/h8,11-12,15H,2-7,9-10H2,1H3. The van der Waals surface area contributed by atoms with Crippen molar-refractivity contribution in [1.82, 2.24) is 9.78 Å². The summed E-state index contributed by atoms with van der Waals surface area (Å²) in [5, 5.41) is 8.22. The van der Waals surface area contributed by atoms with Crippen molar-refractivity contribution in [3.63, 3.8) is 0 Å². The van der Waals surface area contributed by atoms with Crippen molar-refractivity contribution >= 4 is 5.82 Å². The van der Waals surface area contributed by atoms with Crippen LogP contribution in [0, 0.1) is 11.8 Å². The third-order valence-corrected chi connectivity index (χ3v) is 4.17. The summed E-state index contributed by atoms with van der Waals surface area (Å²) in [5.41, 5.74) is 1.30. The summed E-state index contributed by atoms with van der Waals surface area (Å²) < 4.78 is 2.16. The van der Waals surface area contributed by atoms with Crippen molar-refractivity contribution < 1.29 is 0 Å². The normalized spacial score (nSPS) is 25.4. The highest BCUT2D eigenvalue weighted by Gasteiger charge is 2.19. The fourth-order valence-corrected chi connectivity index (χ4v) is 3.18. The first-order valence-electron chi connectivity index (χ1n) is 7.12. The Hall–Kier alpha value is -0.990. The van der Waals surface area contributed by atoms with Crippen molar-refractivity contribution in [3.05, 3.63) is 11.8 Å². The van der Waals surface area contributed by atoms with Gasteiger partial charge in [0.2, 0.25) is 0 Å². The van der Waals surface area contributed by atoms with Crippen LogP contribution in [0.15, 0.2) is 6.07 Å². The fourth-order valence-electron chi connectivity index (χ4n) is 3.18. The summed E-state index contributed by atoms with van der Waals surface area (Å²) in [6.07, 6.45) is 8.30. The zero-order chi connectivity index (χ0) is 11.7. The molecular formula is C14H23N3. The van der Waals surface area contributed by atoms with E-state index >= 15 is 0 Å². The Morgan fingerprint density at radius 3 is 3.00 bits per heavy atom. The van der Waals surface area contributed by atoms with Crippen LogP contribution in [0.3, 0.4) is 0 Å². The Balaban J connectivity index is 1.67. The molecule has 0 aromatic carbocycles. The molecule has 1 N–H and O–H groups in total. The highest BCUT2D eigenvalue weighted by Crippen LogP contribution is 2.28. The predicted molar refractivity (Wildman–Crippen MR) is 70.2 cm³/mol. The van der Waals surface area contributed by atoms with Gasteiger partial charge in [-0.2, -0.15) is 5.10 Å². The molecule has 3 nitrogen and oxygen atoms in total. The van der Waals surface area contributed by atoms with E-state index in [9.17, 15) is 0 Å². The molecule has 0 saturated heterocycles. The fraction of sp³-hybridized carbons (Fsp3) is 0.786. The Labute approximate surface area is 104 Å². The second-order valence-electron chi connectivity index (χ2n) is 5.90. The van der Waals surface area contributed by atoms with Crippen LogP contribution in [0.4, 0.5) is 5.82 Å². The summed E-state index contributed by atoms with van der Waals surface area (Å²) in [6.45, 7) is 4.44. The van der Waals surface area contributed by atoms with Crippen LogP contribution in [0.2, 0.25) is 0 Å². The van der Waals surface area contributed by atoms with Crippen molar-refractivity contribution in [1.29, 1.82) is 0 Å². The van der Waals surface area contributed by atoms with Crippen LogP contribution in [0.25, 0.3) is 0 Å². The van der Waals surface area contributed by atoms with Gasteiger partial charge < -0.3 is 5.32 Å². The first kappa shape index (κ1) is 11.1. The molecule has 0 bridgehead atoms. The second-order valence-corrected chi connectivity index (χ2v) is 5.90. The molecule has 2 aliphatic rings. The first-order chi connectivity index (χ1) is 8.31. The lowest BCUT2D eigenvalue weighted by molar-refractivity contribution is 0.352. The first-order valence-corrected chi connectivity index (χ1v) is 7.12. The van der Waals surface area contributed by atoms with E-state index in [1.165, 1.54) is 50.0 Å². The molecule has 1 aromatic heterocycles. The van der Waals surface area contributed by atoms with Gasteiger partial charge in [0, 0.05) is 19.2 Å². The lowest BCUT2D eigenvalue weighted by atomic mass is 9.86. The number of hydrogen-bond acceptors (Lipinski definition) is 2. The quantitative estimate of drug-likeness (QED) is 0.850. The number of nitrogens with one attached hydrogen (secondary N) is 1. The maximum atomic E-state index is 4.75. The highest BCUT2D eigenvalue weighted by molar-refractivity contribution is 5.38. The minimum absolute atomic E-state index is 0.699. The van der Waals surface area contributed by atoms with Gasteiger partial charge in [0.05, 0.1) is 5.69 Å². The number of fused-ring (bicyclic) bond motifs is 1. The molecular weight excluding hydrogens is 210 g/mol. The molecule has 1 saturated carbocycles. The zero-order valence-electron chi connectivity index (χ0n) is 10.8. The monoisotopic (exact) mass is 233 g/mol. The summed E-state index contributed by atoms with van der Waals surface area (Å²) in [6, 6.07) is 2.26. The van der Waals surface area contributed by atoms with Crippen molar-refractivity contribution in [2.24, 2.45) is 11.8 Å². The molecule has 0 amide bonds. The van der Waals surface area contributed by atoms with Crippen LogP contribution in [0.1, 0.15) is 44.7 Å². The zero-order valence-corrected chi connectivity index (χ0v) is 10.8. The minimum Gasteiger partial charge on any atom is -0.370 e. The Bertz CT molecular complexity index is 377. The van der Waals surface area contributed by atoms with Gasteiger partial charge in [0.25, 0.3) is 0 Å². The molecule has 1 aliphatic carbocycles. The minimum atomic E-state index is 0.699. The van der Waals surface area contributed by atoms with E-state index in [0.717, 1.165) is 19.0 Å². The van der Waals surface area contributed by atoms with Crippen molar-refractivity contribution in [2.45, 2.75) is 52.0 Å². The van der Waals surface area contributed by atoms with E-state index in [0.29, 0.717) is 5.92 Å². The number of anilines is 1. The highest BCUT2D eigenvalue weighted by atomic mass is 15.3. The molecule has 3 rings (SSSR count). The number of hydrogen-bond donors (Lipinski definition) is 1. The molecule has 94 valence electrons. The lowest BCUT2D eigenvalue weighted by Gasteiger charge is -2.21. The molecule has 1 fully saturated rings. The largest absolute Gasteiger partial charge is 0.370 e. The smallest absolute Gasteiger partial charge is 0.124 e. The van der Waals surface area contributed by atoms with Gasteiger partial charge in [0.15, 0.2) is 0 Å². The molecule has 1 unspecified atom stereocenters. The molecule has 2 heterocycles. The van der Waals surface area contributed by atoms with E-state index < -0.39 is 0 Å². The SMILES string of the molecule is CC1CNc2cc(CC3CCCCC3)nn2C1. The summed E-state index contributed by atoms with van der Waals surface area (Å²) in [4.78, 5) is 0. The molecule has 0 spiro atoms. The number of aromatic nitrogens is 2. The van der Waals surface area contributed by atoms with E-state index in [2.05, 4.69) is 23.0 Å². The summed E-state index contributed by atoms with van der Waals surface area (Å²) in [5.74, 6) is 2.82. The van der Waals surface area contributed by atoms with Gasteiger partial charge in [-0.25, -0.2) is 4.68 Å². The van der Waals surface area contributed by atoms with Gasteiger partial charge >= 0.3 is 0 Å². The Morgan fingerprint density at radius 2 is 2.18 bits per heavy atom. The predicted octanol–water partition coefficient (Wildman–Crippen LogP) is 3.07. The maximum absolute atomic E-state index is 4.75. The topological polar surface area (TPSA) is 29.9 Å². The van der Waals surface area contributed by atoms with E-state index in [1.54, 1.807) is 0 Å². The van der Waals surface area contributed by atoms with Crippen molar-refractivity contribution in [3.8, 4) is 0 Å². The molecule has 0 radical (unpaired) electrons. The van der Waals surface area contributed by atoms with Crippen LogP contribution in [-0.4, -0.2) is 16.3 Å². The van der Waals surface area contributed by atoms with E-state index in [4.69, 9.17) is 5.10 Å². The lowest BCUT2D eigenvalue weighted by Crippen LogP contribution is -2.25. The van der Waals surface area contributed by atoms with Crippen LogP contribution < -0.4 is 5.32 Å². The average Bonchev–Trinajstić information content (AvgIpc) is 2.71. The molecule has 3 heteroatoms. The number of nitrogens with zero attached hydrogens (tertiary/aromatic N) is 2. The van der Waals surface area contributed by atoms with E-state index in [-0.39, 0.29) is 0 Å². The third-order valence-electron chi connectivity index (χ3n) is 4.17. The van der Waals surface area contributed by atoms with Crippen molar-refractivity contribution in [2.75, 3.05) is 11.9 Å². The van der Waals surface area contributed by atoms with Gasteiger partial charge in [-0.3, -0.25) is 0 Å². The third kappa shape index (κ3) is 2.48. The van der Waals surface area contributed by atoms with Gasteiger partial charge in [-0.05, 0) is 18.3 Å². The molecule has 1 atom stereocenters. The van der Waals surface area contributed by atoms with Crippen LogP contribution in [-0.2, 0) is 13.0 Å². The van der Waals surface area contributed by atoms with Gasteiger partial charge in [-0.15, -0.1) is 0 Å². The van der Waals surface area contributed by atoms with Gasteiger partial charge in [-0.1, -0.05) is 39.0 Å². The van der Waals surface area contributed by atoms with E-state index in [1.807, 2.05) is 0 Å². The second kappa shape index (κ2) is 4.71.